The lowest BCUT2D eigenvalue weighted by atomic mass is 10.0. The number of carboxylic acids is 1. The maximum absolute atomic E-state index is 13.5. The number of primary amides is 3. The van der Waals surface area contributed by atoms with Crippen LogP contribution in [0.3, 0.4) is 0 Å². The van der Waals surface area contributed by atoms with E-state index >= 15 is 0 Å². The molecule has 0 saturated heterocycles. The average molecular weight is 1020 g/mol. The zero-order valence-electron chi connectivity index (χ0n) is 39.6. The van der Waals surface area contributed by atoms with E-state index in [1.54, 1.807) is 30.3 Å². The highest BCUT2D eigenvalue weighted by Gasteiger charge is 2.35. The lowest BCUT2D eigenvalue weighted by Gasteiger charge is -2.27. The van der Waals surface area contributed by atoms with Gasteiger partial charge in [-0.3, -0.25) is 57.5 Å². The van der Waals surface area contributed by atoms with E-state index in [0.717, 1.165) is 6.92 Å². The smallest absolute Gasteiger partial charge is 0.326 e. The SMILES string of the molecule is C[C@H](N)C(=O)NCC(=O)N[C@@H](CCCCN)C(=O)N[C@@H](CC(N)=O)C(=O)N[C@H](C(=O)N[C@@H](CC(N)=O)C(=O)NCC(=O)N[C@@H](CO)C(=O)N[C@@H](CCC(N)=O)C(=O)N[C@@H](Cc1ccccc1)C(=O)O)[C@@H](C)O. The highest BCUT2D eigenvalue weighted by atomic mass is 16.4. The molecule has 0 aromatic heterocycles. The third-order valence-electron chi connectivity index (χ3n) is 10.0. The molecule has 0 heterocycles. The van der Waals surface area contributed by atoms with Gasteiger partial charge in [-0.05, 0) is 51.6 Å². The summed E-state index contributed by atoms with van der Waals surface area (Å²) in [4.78, 5) is 165. The molecule has 30 nitrogen and oxygen atoms in total. The number of hydrogen-bond acceptors (Lipinski definition) is 17. The maximum atomic E-state index is 13.5. The molecule has 12 amide bonds. The molecule has 30 heteroatoms. The highest BCUT2D eigenvalue weighted by molar-refractivity contribution is 5.99. The molecular weight excluding hydrogens is 957 g/mol. The Morgan fingerprint density at radius 1 is 0.542 bits per heavy atom. The third kappa shape index (κ3) is 24.1. The van der Waals surface area contributed by atoms with Crippen molar-refractivity contribution >= 4 is 76.9 Å². The maximum Gasteiger partial charge on any atom is 0.326 e. The van der Waals surface area contributed by atoms with Crippen molar-refractivity contribution in [2.45, 2.75) is 120 Å². The van der Waals surface area contributed by atoms with Crippen LogP contribution in [0.5, 0.6) is 0 Å². The van der Waals surface area contributed by atoms with E-state index in [1.807, 2.05) is 0 Å². The molecule has 0 aliphatic carbocycles. The fourth-order valence-corrected chi connectivity index (χ4v) is 6.23. The average Bonchev–Trinajstić information content (AvgIpc) is 3.30. The van der Waals surface area contributed by atoms with Crippen molar-refractivity contribution in [1.82, 2.24) is 47.9 Å². The second-order valence-electron chi connectivity index (χ2n) is 16.3. The highest BCUT2D eigenvalue weighted by Crippen LogP contribution is 2.08. The van der Waals surface area contributed by atoms with Gasteiger partial charge in [0.15, 0.2) is 0 Å². The van der Waals surface area contributed by atoms with Crippen molar-refractivity contribution in [2.75, 3.05) is 26.2 Å². The van der Waals surface area contributed by atoms with Crippen LogP contribution in [0.2, 0.25) is 0 Å². The van der Waals surface area contributed by atoms with Gasteiger partial charge in [0.05, 0.1) is 44.7 Å². The van der Waals surface area contributed by atoms with Crippen LogP contribution in [0.1, 0.15) is 64.4 Å². The van der Waals surface area contributed by atoms with Gasteiger partial charge in [-0.25, -0.2) is 4.79 Å². The normalized spacial score (nSPS) is 14.5. The van der Waals surface area contributed by atoms with Crippen LogP contribution in [-0.2, 0) is 68.7 Å². The van der Waals surface area contributed by atoms with Crippen LogP contribution in [-0.4, -0.2) is 173 Å². The number of nitrogens with two attached hydrogens (primary N) is 5. The Labute approximate surface area is 412 Å². The Morgan fingerprint density at radius 2 is 1.00 bits per heavy atom. The van der Waals surface area contributed by atoms with Crippen LogP contribution in [0, 0.1) is 0 Å². The molecule has 0 bridgehead atoms. The molecular formula is C42H66N14O16. The minimum atomic E-state index is -1.98. The molecule has 0 spiro atoms. The largest absolute Gasteiger partial charge is 0.480 e. The van der Waals surface area contributed by atoms with Gasteiger partial charge in [0.1, 0.15) is 42.3 Å². The molecule has 1 aromatic carbocycles. The summed E-state index contributed by atoms with van der Waals surface area (Å²) in [6.45, 7) is -0.0713. The first kappa shape index (κ1) is 62.2. The molecule has 0 aliphatic rings. The van der Waals surface area contributed by atoms with E-state index in [0.29, 0.717) is 18.4 Å². The number of aliphatic hydroxyl groups is 2. The van der Waals surface area contributed by atoms with Crippen molar-refractivity contribution in [2.24, 2.45) is 28.7 Å². The van der Waals surface area contributed by atoms with E-state index in [4.69, 9.17) is 28.7 Å². The minimum absolute atomic E-state index is 0.0315. The van der Waals surface area contributed by atoms with Crippen LogP contribution in [0.4, 0.5) is 0 Å². The summed E-state index contributed by atoms with van der Waals surface area (Å²) in [5.74, 6) is -14.4. The Bertz CT molecular complexity index is 2090. The van der Waals surface area contributed by atoms with Crippen molar-refractivity contribution in [3.63, 3.8) is 0 Å². The lowest BCUT2D eigenvalue weighted by Crippen LogP contribution is -2.61. The summed E-state index contributed by atoms with van der Waals surface area (Å²) in [7, 11) is 0. The standard InChI is InChI=1S/C42H66N14O16/c1-20(44)35(64)48-17-32(62)50-23(10-6-7-13-43)37(66)53-26(16-31(47)61)39(68)56-34(21(2)58)41(70)54-25(15-30(46)60)36(65)49-18-33(63)51-28(19-57)40(69)52-24(11-12-29(45)59)38(67)55-27(42(71)72)14-22-8-4-3-5-9-22/h3-5,8-9,20-21,23-28,34,57-58H,6-7,10-19,43-44H2,1-2H3,(H2,45,59)(H2,46,60)(H2,47,61)(H,48,64)(H,49,65)(H,50,62)(H,51,63)(H,52,69)(H,53,66)(H,54,70)(H,55,67)(H,56,68)(H,71,72)/t20-,21+,23-,24-,25-,26-,27-,28-,34-/m0/s1. The molecule has 72 heavy (non-hydrogen) atoms. The van der Waals surface area contributed by atoms with E-state index in [2.05, 4.69) is 47.9 Å². The fourth-order valence-electron chi connectivity index (χ4n) is 6.23. The van der Waals surface area contributed by atoms with E-state index < -0.39 is 177 Å². The summed E-state index contributed by atoms with van der Waals surface area (Å²) < 4.78 is 0. The number of hydrogen-bond donors (Lipinski definition) is 17. The molecule has 0 fully saturated rings. The summed E-state index contributed by atoms with van der Waals surface area (Å²) in [6.07, 6.45) is -3.98. The number of carbonyl (C=O) groups excluding carboxylic acids is 12. The third-order valence-corrected chi connectivity index (χ3v) is 10.0. The molecule has 0 saturated carbocycles. The number of rotatable bonds is 34. The summed E-state index contributed by atoms with van der Waals surface area (Å²) in [5.41, 5.74) is 27.4. The molecule has 0 unspecified atom stereocenters. The first-order valence-corrected chi connectivity index (χ1v) is 22.3. The molecule has 400 valence electrons. The Hall–Kier alpha value is -7.83. The molecule has 0 aliphatic heterocycles. The van der Waals surface area contributed by atoms with Crippen molar-refractivity contribution < 1.29 is 77.6 Å². The fraction of sp³-hybridized carbons (Fsp3) is 0.548. The number of unbranched alkanes of at least 4 members (excludes halogenated alkanes) is 1. The molecule has 9 atom stereocenters. The van der Waals surface area contributed by atoms with E-state index in [9.17, 15) is 77.6 Å². The molecule has 1 rings (SSSR count). The zero-order chi connectivity index (χ0) is 54.7. The number of carbonyl (C=O) groups is 13. The number of aliphatic carboxylic acids is 1. The zero-order valence-corrected chi connectivity index (χ0v) is 39.6. The summed E-state index contributed by atoms with van der Waals surface area (Å²) >= 11 is 0. The first-order chi connectivity index (χ1) is 33.8. The monoisotopic (exact) mass is 1020 g/mol. The van der Waals surface area contributed by atoms with Gasteiger partial charge >= 0.3 is 5.97 Å². The molecule has 0 radical (unpaired) electrons. The van der Waals surface area contributed by atoms with Gasteiger partial charge in [0.2, 0.25) is 70.9 Å². The van der Waals surface area contributed by atoms with Crippen molar-refractivity contribution in [3.05, 3.63) is 35.9 Å². The topological polar surface area (TPSA) is 521 Å². The molecule has 22 N–H and O–H groups in total. The Balaban J connectivity index is 3.13. The second-order valence-corrected chi connectivity index (χ2v) is 16.3. The lowest BCUT2D eigenvalue weighted by molar-refractivity contribution is -0.142. The second kappa shape index (κ2) is 32.1. The number of carboxylic acid groups (broad SMARTS) is 1. The number of nitrogens with one attached hydrogen (secondary N) is 9. The predicted molar refractivity (Wildman–Crippen MR) is 249 cm³/mol. The quantitative estimate of drug-likeness (QED) is 0.0285. The van der Waals surface area contributed by atoms with Gasteiger partial charge in [0, 0.05) is 12.8 Å². The predicted octanol–water partition coefficient (Wildman–Crippen LogP) is -9.19. The summed E-state index contributed by atoms with van der Waals surface area (Å²) in [6, 6.07) is -4.75. The van der Waals surface area contributed by atoms with Gasteiger partial charge in [0.25, 0.3) is 0 Å². The van der Waals surface area contributed by atoms with Crippen molar-refractivity contribution in [1.29, 1.82) is 0 Å². The van der Waals surface area contributed by atoms with Gasteiger partial charge in [-0.2, -0.15) is 0 Å². The van der Waals surface area contributed by atoms with Gasteiger partial charge < -0.3 is 91.8 Å². The molecule has 1 aromatic rings. The Morgan fingerprint density at radius 3 is 1.49 bits per heavy atom. The van der Waals surface area contributed by atoms with E-state index in [1.165, 1.54) is 6.92 Å². The first-order valence-electron chi connectivity index (χ1n) is 22.3. The van der Waals surface area contributed by atoms with Gasteiger partial charge in [-0.15, -0.1) is 0 Å². The van der Waals surface area contributed by atoms with Crippen LogP contribution < -0.4 is 76.5 Å². The van der Waals surface area contributed by atoms with Crippen molar-refractivity contribution in [3.8, 4) is 0 Å². The van der Waals surface area contributed by atoms with Crippen LogP contribution >= 0.6 is 0 Å². The van der Waals surface area contributed by atoms with E-state index in [-0.39, 0.29) is 19.4 Å². The van der Waals surface area contributed by atoms with Crippen LogP contribution in [0.15, 0.2) is 30.3 Å². The minimum Gasteiger partial charge on any atom is -0.480 e. The van der Waals surface area contributed by atoms with Crippen LogP contribution in [0.25, 0.3) is 0 Å². The van der Waals surface area contributed by atoms with Gasteiger partial charge in [-0.1, -0.05) is 30.3 Å². The number of aliphatic hydroxyl groups excluding tert-OH is 2. The number of benzene rings is 1. The summed E-state index contributed by atoms with van der Waals surface area (Å²) in [5, 5.41) is 49.9. The Kier molecular flexibility index (Phi) is 27.8. The number of amides is 12.